The Bertz CT molecular complexity index is 1270. The van der Waals surface area contributed by atoms with Crippen molar-refractivity contribution < 1.29 is 4.39 Å². The first-order valence-electron chi connectivity index (χ1n) is 9.06. The average molecular weight is 387 g/mol. The number of hydrogen-bond donors (Lipinski definition) is 2. The van der Waals surface area contributed by atoms with E-state index in [1.54, 1.807) is 12.3 Å². The number of hydrogen-bond acceptors (Lipinski definition) is 6. The molecule has 0 aliphatic carbocycles. The summed E-state index contributed by atoms with van der Waals surface area (Å²) >= 11 is 0. The maximum absolute atomic E-state index is 13.3. The van der Waals surface area contributed by atoms with Gasteiger partial charge >= 0.3 is 0 Å². The van der Waals surface area contributed by atoms with Crippen LogP contribution in [0.15, 0.2) is 61.3 Å². The minimum absolute atomic E-state index is 0.267. The average Bonchev–Trinajstić information content (AvgIpc) is 3.24. The number of benzene rings is 1. The van der Waals surface area contributed by atoms with Gasteiger partial charge in [-0.2, -0.15) is 0 Å². The highest BCUT2D eigenvalue weighted by Crippen LogP contribution is 2.25. The number of aromatic amines is 1. The fraction of sp³-hybridized carbons (Fsp3) is 0.0952. The fourth-order valence-electron chi connectivity index (χ4n) is 2.96. The number of aromatic nitrogens is 6. The van der Waals surface area contributed by atoms with Gasteiger partial charge in [0.05, 0.1) is 23.2 Å². The normalized spacial score (nSPS) is 10.7. The van der Waals surface area contributed by atoms with Crippen LogP contribution in [0.25, 0.3) is 33.5 Å². The SMILES string of the molecule is CCc1cc2ccc(F)cc2nc1-c1ccccn1.Nc1ncnc2nc[nH]c12. The molecule has 5 aromatic rings. The van der Waals surface area contributed by atoms with Crippen molar-refractivity contribution in [1.29, 1.82) is 0 Å². The van der Waals surface area contributed by atoms with E-state index in [0.29, 0.717) is 22.5 Å². The molecule has 0 aliphatic heterocycles. The fourth-order valence-corrected chi connectivity index (χ4v) is 2.96. The molecule has 1 aromatic carbocycles. The molecule has 0 bridgehead atoms. The van der Waals surface area contributed by atoms with Gasteiger partial charge in [-0.3, -0.25) is 4.98 Å². The van der Waals surface area contributed by atoms with Gasteiger partial charge in [-0.15, -0.1) is 0 Å². The van der Waals surface area contributed by atoms with Crippen LogP contribution in [-0.2, 0) is 6.42 Å². The summed E-state index contributed by atoms with van der Waals surface area (Å²) in [6, 6.07) is 12.5. The summed E-state index contributed by atoms with van der Waals surface area (Å²) < 4.78 is 13.3. The van der Waals surface area contributed by atoms with Crippen LogP contribution >= 0.6 is 0 Å². The third kappa shape index (κ3) is 3.86. The molecular weight excluding hydrogens is 369 g/mol. The molecule has 0 atom stereocenters. The summed E-state index contributed by atoms with van der Waals surface area (Å²) in [7, 11) is 0. The standard InChI is InChI=1S/C16H13FN2.C5H5N5/c1-2-11-9-12-6-7-13(17)10-15(12)19-16(11)14-5-3-4-8-18-14;6-4-3-5(9-1-7-3)10-2-8-4/h3-10H,2H2,1H3;1-2H,(H3,6,7,8,9,10). The summed E-state index contributed by atoms with van der Waals surface area (Å²) in [5, 5.41) is 0.956. The number of imidazole rings is 1. The predicted octanol–water partition coefficient (Wildman–Crippen LogP) is 3.93. The molecule has 0 spiro atoms. The molecule has 29 heavy (non-hydrogen) atoms. The highest BCUT2D eigenvalue weighted by molar-refractivity contribution is 5.83. The van der Waals surface area contributed by atoms with Gasteiger partial charge in [-0.25, -0.2) is 24.3 Å². The summed E-state index contributed by atoms with van der Waals surface area (Å²) in [6.07, 6.45) is 5.53. The second-order valence-corrected chi connectivity index (χ2v) is 6.26. The van der Waals surface area contributed by atoms with Gasteiger partial charge in [-0.05, 0) is 42.3 Å². The molecule has 3 N–H and O–H groups in total. The Labute approximate surface area is 165 Å². The van der Waals surface area contributed by atoms with Gasteiger partial charge in [0, 0.05) is 17.6 Å². The largest absolute Gasteiger partial charge is 0.382 e. The van der Waals surface area contributed by atoms with Gasteiger partial charge in [0.25, 0.3) is 0 Å². The Morgan fingerprint density at radius 1 is 1.03 bits per heavy atom. The van der Waals surface area contributed by atoms with E-state index in [4.69, 9.17) is 5.73 Å². The van der Waals surface area contributed by atoms with Crippen molar-refractivity contribution in [1.82, 2.24) is 29.9 Å². The highest BCUT2D eigenvalue weighted by atomic mass is 19.1. The van der Waals surface area contributed by atoms with Crippen molar-refractivity contribution in [3.63, 3.8) is 0 Å². The maximum atomic E-state index is 13.3. The molecule has 8 heteroatoms. The summed E-state index contributed by atoms with van der Waals surface area (Å²) in [5.74, 6) is 0.165. The summed E-state index contributed by atoms with van der Waals surface area (Å²) in [5.41, 5.74) is 10.2. The number of rotatable bonds is 2. The van der Waals surface area contributed by atoms with E-state index < -0.39 is 0 Å². The number of nitrogens with zero attached hydrogens (tertiary/aromatic N) is 5. The summed E-state index contributed by atoms with van der Waals surface area (Å²) in [4.78, 5) is 23.3. The number of aryl methyl sites for hydroxylation is 1. The first kappa shape index (κ1) is 18.4. The van der Waals surface area contributed by atoms with Gasteiger partial charge < -0.3 is 10.7 Å². The molecule has 4 aromatic heterocycles. The van der Waals surface area contributed by atoms with Crippen molar-refractivity contribution in [2.75, 3.05) is 5.73 Å². The van der Waals surface area contributed by atoms with Crippen LogP contribution in [0.1, 0.15) is 12.5 Å². The number of H-pyrrole nitrogens is 1. The van der Waals surface area contributed by atoms with Crippen LogP contribution in [-0.4, -0.2) is 29.9 Å². The van der Waals surface area contributed by atoms with Crippen molar-refractivity contribution >= 4 is 27.9 Å². The molecule has 0 amide bonds. The molecule has 7 nitrogen and oxygen atoms in total. The quantitative estimate of drug-likeness (QED) is 0.475. The van der Waals surface area contributed by atoms with Gasteiger partial charge in [0.1, 0.15) is 17.7 Å². The number of nitrogen functional groups attached to an aromatic ring is 1. The Morgan fingerprint density at radius 2 is 1.93 bits per heavy atom. The zero-order valence-electron chi connectivity index (χ0n) is 15.7. The third-order valence-corrected chi connectivity index (χ3v) is 4.40. The van der Waals surface area contributed by atoms with E-state index in [9.17, 15) is 4.39 Å². The molecule has 4 heterocycles. The van der Waals surface area contributed by atoms with Crippen LogP contribution in [0.2, 0.25) is 0 Å². The lowest BCUT2D eigenvalue weighted by Crippen LogP contribution is -1.95. The first-order valence-corrected chi connectivity index (χ1v) is 9.06. The zero-order valence-corrected chi connectivity index (χ0v) is 15.7. The monoisotopic (exact) mass is 387 g/mol. The van der Waals surface area contributed by atoms with Crippen molar-refractivity contribution in [2.24, 2.45) is 0 Å². The topological polar surface area (TPSA) is 106 Å². The Balaban J connectivity index is 0.000000171. The first-order chi connectivity index (χ1) is 14.2. The number of anilines is 1. The molecule has 0 unspecified atom stereocenters. The minimum atomic E-state index is -0.267. The zero-order chi connectivity index (χ0) is 20.2. The second-order valence-electron chi connectivity index (χ2n) is 6.26. The molecule has 0 fully saturated rings. The Morgan fingerprint density at radius 3 is 2.69 bits per heavy atom. The summed E-state index contributed by atoms with van der Waals surface area (Å²) in [6.45, 7) is 2.08. The molecular formula is C21H18FN7. The van der Waals surface area contributed by atoms with Gasteiger partial charge in [0.15, 0.2) is 11.5 Å². The van der Waals surface area contributed by atoms with E-state index in [1.807, 2.05) is 18.2 Å². The van der Waals surface area contributed by atoms with Crippen molar-refractivity contribution in [3.8, 4) is 11.4 Å². The van der Waals surface area contributed by atoms with Crippen LogP contribution in [0.3, 0.4) is 0 Å². The molecule has 144 valence electrons. The van der Waals surface area contributed by atoms with Crippen molar-refractivity contribution in [2.45, 2.75) is 13.3 Å². The van der Waals surface area contributed by atoms with Crippen LogP contribution in [0, 0.1) is 5.82 Å². The molecule has 0 radical (unpaired) electrons. The van der Waals surface area contributed by atoms with Crippen LogP contribution < -0.4 is 5.73 Å². The van der Waals surface area contributed by atoms with E-state index in [1.165, 1.54) is 24.8 Å². The van der Waals surface area contributed by atoms with Gasteiger partial charge in [-0.1, -0.05) is 13.0 Å². The number of pyridine rings is 2. The smallest absolute Gasteiger partial charge is 0.182 e. The molecule has 5 rings (SSSR count). The number of halogens is 1. The number of fused-ring (bicyclic) bond motifs is 2. The molecule has 0 saturated heterocycles. The Hall–Kier alpha value is -3.94. The minimum Gasteiger partial charge on any atom is -0.382 e. The predicted molar refractivity (Wildman–Crippen MR) is 110 cm³/mol. The number of nitrogens with one attached hydrogen (secondary N) is 1. The van der Waals surface area contributed by atoms with E-state index in [2.05, 4.69) is 42.9 Å². The highest BCUT2D eigenvalue weighted by Gasteiger charge is 2.09. The molecule has 0 saturated carbocycles. The van der Waals surface area contributed by atoms with E-state index in [-0.39, 0.29) is 5.82 Å². The Kier molecular flexibility index (Phi) is 5.07. The van der Waals surface area contributed by atoms with E-state index >= 15 is 0 Å². The lowest BCUT2D eigenvalue weighted by Gasteiger charge is -2.08. The number of nitrogens with two attached hydrogens (primary N) is 1. The third-order valence-electron chi connectivity index (χ3n) is 4.40. The van der Waals surface area contributed by atoms with E-state index in [0.717, 1.165) is 28.8 Å². The maximum Gasteiger partial charge on any atom is 0.182 e. The lowest BCUT2D eigenvalue weighted by molar-refractivity contribution is 0.629. The molecule has 0 aliphatic rings. The van der Waals surface area contributed by atoms with Gasteiger partial charge in [0.2, 0.25) is 0 Å². The lowest BCUT2D eigenvalue weighted by atomic mass is 10.0. The van der Waals surface area contributed by atoms with Crippen LogP contribution in [0.4, 0.5) is 10.2 Å². The van der Waals surface area contributed by atoms with Crippen molar-refractivity contribution in [3.05, 3.63) is 72.7 Å². The second kappa shape index (κ2) is 7.97. The van der Waals surface area contributed by atoms with Crippen LogP contribution in [0.5, 0.6) is 0 Å².